The Balaban J connectivity index is 1.41. The molecule has 0 unspecified atom stereocenters. The lowest BCUT2D eigenvalue weighted by Gasteiger charge is -2.34. The number of piperazine rings is 1. The molecule has 192 valence electrons. The zero-order valence-corrected chi connectivity index (χ0v) is 21.8. The van der Waals surface area contributed by atoms with Crippen LogP contribution < -0.4 is 32.8 Å². The van der Waals surface area contributed by atoms with Gasteiger partial charge in [0.1, 0.15) is 5.65 Å². The fourth-order valence-corrected chi connectivity index (χ4v) is 5.38. The lowest BCUT2D eigenvalue weighted by Crippen LogP contribution is -2.44. The summed E-state index contributed by atoms with van der Waals surface area (Å²) in [6.45, 7) is 6.60. The first kappa shape index (κ1) is 24.8. The number of anilines is 3. The Morgan fingerprint density at radius 2 is 1.89 bits per heavy atom. The summed E-state index contributed by atoms with van der Waals surface area (Å²) >= 11 is 1.43. The van der Waals surface area contributed by atoms with Gasteiger partial charge in [0.05, 0.1) is 16.1 Å². The molecule has 1 saturated heterocycles. The maximum Gasteiger partial charge on any atom is 0.260 e. The molecule has 6 N–H and O–H groups in total. The van der Waals surface area contributed by atoms with Crippen molar-refractivity contribution in [3.05, 3.63) is 70.1 Å². The molecule has 1 aliphatic rings. The summed E-state index contributed by atoms with van der Waals surface area (Å²) in [4.78, 5) is 29.0. The minimum absolute atomic E-state index is 0.107. The van der Waals surface area contributed by atoms with E-state index < -0.39 is 0 Å². The third-order valence-electron chi connectivity index (χ3n) is 6.53. The third-order valence-corrected chi connectivity index (χ3v) is 7.70. The summed E-state index contributed by atoms with van der Waals surface area (Å²) in [5, 5.41) is 4.07. The number of likely N-dealkylation sites (N-methyl/N-ethyl adjacent to an activating group) is 1. The molecule has 4 heterocycles. The van der Waals surface area contributed by atoms with E-state index in [4.69, 9.17) is 16.6 Å². The van der Waals surface area contributed by atoms with Crippen molar-refractivity contribution in [3.8, 4) is 10.4 Å². The van der Waals surface area contributed by atoms with Crippen LogP contribution in [0.1, 0.15) is 11.8 Å². The van der Waals surface area contributed by atoms with Crippen LogP contribution in [0.15, 0.2) is 59.7 Å². The number of fused-ring (bicyclic) bond motifs is 1. The molecule has 1 fully saturated rings. The van der Waals surface area contributed by atoms with Crippen LogP contribution in [0.5, 0.6) is 0 Å². The van der Waals surface area contributed by atoms with E-state index in [0.717, 1.165) is 47.0 Å². The summed E-state index contributed by atoms with van der Waals surface area (Å²) in [5.41, 5.74) is 12.1. The molecule has 1 aromatic carbocycles. The molecular weight excluding hydrogens is 486 g/mol. The maximum atomic E-state index is 13.4. The Kier molecular flexibility index (Phi) is 7.08. The smallest absolute Gasteiger partial charge is 0.260 e. The van der Waals surface area contributed by atoms with Gasteiger partial charge in [0.25, 0.3) is 5.56 Å². The molecule has 37 heavy (non-hydrogen) atoms. The quantitative estimate of drug-likeness (QED) is 0.216. The van der Waals surface area contributed by atoms with Crippen LogP contribution >= 0.6 is 11.3 Å². The van der Waals surface area contributed by atoms with Crippen LogP contribution in [-0.2, 0) is 6.54 Å². The molecular formula is C26H31N9OS. The van der Waals surface area contributed by atoms with E-state index in [1.54, 1.807) is 10.8 Å². The van der Waals surface area contributed by atoms with Crippen LogP contribution in [0.2, 0.25) is 0 Å². The molecule has 4 aromatic rings. The van der Waals surface area contributed by atoms with Crippen LogP contribution in [0.25, 0.3) is 27.2 Å². The first-order valence-electron chi connectivity index (χ1n) is 12.2. The van der Waals surface area contributed by atoms with Gasteiger partial charge in [-0.15, -0.1) is 11.3 Å². The minimum atomic E-state index is -0.107. The minimum Gasteiger partial charge on any atom is -0.396 e. The first-order valence-corrected chi connectivity index (χ1v) is 13.0. The molecule has 3 aromatic heterocycles. The first-order chi connectivity index (χ1) is 18.0. The Bertz CT molecular complexity index is 1480. The summed E-state index contributed by atoms with van der Waals surface area (Å²) < 4.78 is 1.67. The zero-order valence-electron chi connectivity index (χ0n) is 20.9. The van der Waals surface area contributed by atoms with E-state index in [1.807, 2.05) is 37.3 Å². The molecule has 0 atom stereocenters. The second-order valence-electron chi connectivity index (χ2n) is 8.97. The van der Waals surface area contributed by atoms with Crippen molar-refractivity contribution in [1.82, 2.24) is 24.9 Å². The SMILES string of the molecule is CCn1c(=O)c(-c2ccc(/C(N)=C/NN)s2)cc2cnc(Nc3ccc(N4CCN(C)CC4)cc3)nc21. The van der Waals surface area contributed by atoms with Gasteiger partial charge >= 0.3 is 0 Å². The molecule has 0 aliphatic carbocycles. The van der Waals surface area contributed by atoms with Crippen molar-refractivity contribution in [3.63, 3.8) is 0 Å². The summed E-state index contributed by atoms with van der Waals surface area (Å²) in [7, 11) is 2.15. The van der Waals surface area contributed by atoms with Crippen molar-refractivity contribution >= 4 is 45.4 Å². The number of nitrogens with zero attached hydrogens (tertiary/aromatic N) is 5. The topological polar surface area (TPSA) is 130 Å². The number of nitrogens with one attached hydrogen (secondary N) is 2. The molecule has 0 amide bonds. The highest BCUT2D eigenvalue weighted by Crippen LogP contribution is 2.30. The number of rotatable bonds is 7. The highest BCUT2D eigenvalue weighted by Gasteiger charge is 2.16. The van der Waals surface area contributed by atoms with E-state index in [9.17, 15) is 4.79 Å². The number of pyridine rings is 1. The predicted octanol–water partition coefficient (Wildman–Crippen LogP) is 2.76. The molecule has 10 nitrogen and oxygen atoms in total. The highest BCUT2D eigenvalue weighted by atomic mass is 32.1. The van der Waals surface area contributed by atoms with E-state index in [0.29, 0.717) is 29.4 Å². The molecule has 5 rings (SSSR count). The van der Waals surface area contributed by atoms with E-state index >= 15 is 0 Å². The van der Waals surface area contributed by atoms with Gasteiger partial charge in [0.2, 0.25) is 5.95 Å². The molecule has 0 bridgehead atoms. The Morgan fingerprint density at radius 3 is 2.59 bits per heavy atom. The lowest BCUT2D eigenvalue weighted by atomic mass is 10.2. The van der Waals surface area contributed by atoms with Gasteiger partial charge in [-0.05, 0) is 56.4 Å². The molecule has 0 saturated carbocycles. The number of aromatic nitrogens is 3. The number of benzene rings is 1. The van der Waals surface area contributed by atoms with Crippen molar-refractivity contribution in [2.75, 3.05) is 43.4 Å². The number of hydrogen-bond donors (Lipinski definition) is 4. The van der Waals surface area contributed by atoms with Gasteiger partial charge in [-0.1, -0.05) is 0 Å². The van der Waals surface area contributed by atoms with Crippen LogP contribution in [0, 0.1) is 0 Å². The van der Waals surface area contributed by atoms with E-state index in [2.05, 4.69) is 44.7 Å². The average molecular weight is 518 g/mol. The largest absolute Gasteiger partial charge is 0.396 e. The molecule has 0 radical (unpaired) electrons. The average Bonchev–Trinajstić information content (AvgIpc) is 3.40. The standard InChI is InChI=1S/C26H31N9OS/c1-3-35-24-17(14-20(25(35)36)22-8-9-23(37-22)21(27)16-30-28)15-29-26(32-24)31-18-4-6-19(7-5-18)34-12-10-33(2)11-13-34/h4-9,14-16,30H,3,10-13,27-28H2,1-2H3,(H,29,31,32)/b21-16-. The fraction of sp³-hybridized carbons (Fsp3) is 0.269. The monoisotopic (exact) mass is 517 g/mol. The molecule has 1 aliphatic heterocycles. The zero-order chi connectivity index (χ0) is 25.9. The molecule has 11 heteroatoms. The fourth-order valence-electron chi connectivity index (χ4n) is 4.44. The number of nitrogens with two attached hydrogens (primary N) is 2. The number of aryl methyl sites for hydroxylation is 1. The van der Waals surface area contributed by atoms with Crippen molar-refractivity contribution in [2.45, 2.75) is 13.5 Å². The number of thiophene rings is 1. The van der Waals surface area contributed by atoms with Gasteiger partial charge in [-0.25, -0.2) is 4.98 Å². The second-order valence-corrected chi connectivity index (χ2v) is 10.1. The summed E-state index contributed by atoms with van der Waals surface area (Å²) in [5.74, 6) is 5.78. The van der Waals surface area contributed by atoms with Gasteiger partial charge in [0, 0.05) is 66.8 Å². The van der Waals surface area contributed by atoms with E-state index in [1.165, 1.54) is 23.2 Å². The van der Waals surface area contributed by atoms with Gasteiger partial charge in [0.15, 0.2) is 0 Å². The Morgan fingerprint density at radius 1 is 1.14 bits per heavy atom. The Hall–Kier alpha value is -3.93. The van der Waals surface area contributed by atoms with Crippen LogP contribution in [-0.4, -0.2) is 52.7 Å². The van der Waals surface area contributed by atoms with E-state index in [-0.39, 0.29) is 5.56 Å². The summed E-state index contributed by atoms with van der Waals surface area (Å²) in [6.07, 6.45) is 3.27. The lowest BCUT2D eigenvalue weighted by molar-refractivity contribution is 0.313. The number of hydrogen-bond acceptors (Lipinski definition) is 10. The third kappa shape index (κ3) is 5.15. The van der Waals surface area contributed by atoms with Crippen LogP contribution in [0.3, 0.4) is 0 Å². The van der Waals surface area contributed by atoms with Gasteiger partial charge in [-0.2, -0.15) is 4.98 Å². The second kappa shape index (κ2) is 10.6. The van der Waals surface area contributed by atoms with Gasteiger partial charge in [-0.3, -0.25) is 15.2 Å². The number of hydrazine groups is 1. The summed E-state index contributed by atoms with van der Waals surface area (Å²) in [6, 6.07) is 13.9. The maximum absolute atomic E-state index is 13.4. The normalized spacial score (nSPS) is 14.8. The van der Waals surface area contributed by atoms with Crippen molar-refractivity contribution in [2.24, 2.45) is 11.6 Å². The van der Waals surface area contributed by atoms with Crippen molar-refractivity contribution < 1.29 is 0 Å². The highest BCUT2D eigenvalue weighted by molar-refractivity contribution is 7.16. The van der Waals surface area contributed by atoms with Gasteiger partial charge < -0.3 is 26.3 Å². The predicted molar refractivity (Wildman–Crippen MR) is 152 cm³/mol. The van der Waals surface area contributed by atoms with Crippen molar-refractivity contribution in [1.29, 1.82) is 0 Å². The molecule has 0 spiro atoms. The van der Waals surface area contributed by atoms with Crippen LogP contribution in [0.4, 0.5) is 17.3 Å². The Labute approximate surface area is 219 Å².